The molecule has 1 amide bonds. The van der Waals surface area contributed by atoms with Crippen molar-refractivity contribution in [2.24, 2.45) is 0 Å². The number of phenolic OH excluding ortho intramolecular Hbond substituents is 2. The summed E-state index contributed by atoms with van der Waals surface area (Å²) in [5, 5.41) is 24.4. The smallest absolute Gasteiger partial charge is 0.251 e. The molecule has 0 bridgehead atoms. The Morgan fingerprint density at radius 2 is 2.28 bits per heavy atom. The summed E-state index contributed by atoms with van der Waals surface area (Å²) in [7, 11) is 0. The number of nitrogens with one attached hydrogen (secondary N) is 2. The number of carbonyl (C=O) groups is 1. The molecule has 1 aromatic carbocycles. The molecule has 4 N–H and O–H groups in total. The third-order valence-corrected chi connectivity index (χ3v) is 2.75. The molecule has 2 rings (SSSR count). The summed E-state index contributed by atoms with van der Waals surface area (Å²) in [6, 6.07) is 4.07. The highest BCUT2D eigenvalue weighted by molar-refractivity contribution is 5.94. The Labute approximate surface area is 105 Å². The van der Waals surface area contributed by atoms with Gasteiger partial charge in [0.1, 0.15) is 0 Å². The van der Waals surface area contributed by atoms with E-state index in [1.165, 1.54) is 18.2 Å². The van der Waals surface area contributed by atoms with Gasteiger partial charge in [0.15, 0.2) is 11.5 Å². The highest BCUT2D eigenvalue weighted by Gasteiger charge is 2.15. The molecule has 1 unspecified atom stereocenters. The molecule has 1 heterocycles. The van der Waals surface area contributed by atoms with E-state index in [0.717, 1.165) is 6.54 Å². The Morgan fingerprint density at radius 3 is 2.94 bits per heavy atom. The Morgan fingerprint density at radius 1 is 1.44 bits per heavy atom. The van der Waals surface area contributed by atoms with E-state index in [-0.39, 0.29) is 23.4 Å². The molecule has 0 aliphatic carbocycles. The lowest BCUT2D eigenvalue weighted by Crippen LogP contribution is -2.48. The van der Waals surface area contributed by atoms with E-state index in [2.05, 4.69) is 10.6 Å². The summed E-state index contributed by atoms with van der Waals surface area (Å²) in [4.78, 5) is 11.8. The standard InChI is InChI=1S/C12H16N2O4/c15-10-2-1-8(5-11(10)16)12(17)14-6-9-7-18-4-3-13-9/h1-2,5,9,13,15-16H,3-4,6-7H2,(H,14,17). The van der Waals surface area contributed by atoms with Crippen LogP contribution in [0.15, 0.2) is 18.2 Å². The van der Waals surface area contributed by atoms with Crippen molar-refractivity contribution in [3.8, 4) is 11.5 Å². The maximum Gasteiger partial charge on any atom is 0.251 e. The first kappa shape index (κ1) is 12.7. The van der Waals surface area contributed by atoms with Crippen LogP contribution >= 0.6 is 0 Å². The fourth-order valence-corrected chi connectivity index (χ4v) is 1.73. The van der Waals surface area contributed by atoms with Crippen LogP contribution in [0.3, 0.4) is 0 Å². The molecular weight excluding hydrogens is 236 g/mol. The SMILES string of the molecule is O=C(NCC1COCCN1)c1ccc(O)c(O)c1. The van der Waals surface area contributed by atoms with E-state index in [0.29, 0.717) is 25.3 Å². The summed E-state index contributed by atoms with van der Waals surface area (Å²) in [6.45, 7) is 2.50. The van der Waals surface area contributed by atoms with Gasteiger partial charge >= 0.3 is 0 Å². The zero-order valence-corrected chi connectivity index (χ0v) is 9.85. The van der Waals surface area contributed by atoms with Gasteiger partial charge in [-0.1, -0.05) is 0 Å². The number of aromatic hydroxyl groups is 2. The molecule has 1 fully saturated rings. The minimum absolute atomic E-state index is 0.105. The number of hydrogen-bond donors (Lipinski definition) is 4. The van der Waals surface area contributed by atoms with Crippen molar-refractivity contribution in [1.82, 2.24) is 10.6 Å². The third-order valence-electron chi connectivity index (χ3n) is 2.75. The zero-order chi connectivity index (χ0) is 13.0. The Bertz CT molecular complexity index is 430. The highest BCUT2D eigenvalue weighted by atomic mass is 16.5. The van der Waals surface area contributed by atoms with Crippen molar-refractivity contribution in [2.45, 2.75) is 6.04 Å². The van der Waals surface area contributed by atoms with Gasteiger partial charge in [-0.3, -0.25) is 4.79 Å². The number of benzene rings is 1. The van der Waals surface area contributed by atoms with Gasteiger partial charge in [0, 0.05) is 24.7 Å². The molecule has 0 radical (unpaired) electrons. The molecule has 1 aromatic rings. The van der Waals surface area contributed by atoms with Crippen molar-refractivity contribution < 1.29 is 19.7 Å². The lowest BCUT2D eigenvalue weighted by atomic mass is 10.2. The second-order valence-electron chi connectivity index (χ2n) is 4.14. The summed E-state index contributed by atoms with van der Waals surface area (Å²) in [6.07, 6.45) is 0. The van der Waals surface area contributed by atoms with E-state index in [1.807, 2.05) is 0 Å². The van der Waals surface area contributed by atoms with E-state index in [4.69, 9.17) is 9.84 Å². The predicted octanol–water partition coefficient (Wildman–Crippen LogP) is -0.184. The maximum atomic E-state index is 11.8. The molecule has 0 spiro atoms. The Balaban J connectivity index is 1.88. The molecular formula is C12H16N2O4. The number of amides is 1. The average molecular weight is 252 g/mol. The fourth-order valence-electron chi connectivity index (χ4n) is 1.73. The summed E-state index contributed by atoms with van der Waals surface area (Å²) < 4.78 is 5.27. The molecule has 0 aromatic heterocycles. The quantitative estimate of drug-likeness (QED) is 0.560. The van der Waals surface area contributed by atoms with Crippen LogP contribution in [0, 0.1) is 0 Å². The van der Waals surface area contributed by atoms with Gasteiger partial charge in [-0.2, -0.15) is 0 Å². The number of ether oxygens (including phenoxy) is 1. The molecule has 1 aliphatic rings. The minimum atomic E-state index is -0.304. The molecule has 6 nitrogen and oxygen atoms in total. The number of carbonyl (C=O) groups excluding carboxylic acids is 1. The predicted molar refractivity (Wildman–Crippen MR) is 64.7 cm³/mol. The van der Waals surface area contributed by atoms with Crippen LogP contribution in [-0.2, 0) is 4.74 Å². The molecule has 1 aliphatic heterocycles. The topological polar surface area (TPSA) is 90.8 Å². The molecule has 6 heteroatoms. The van der Waals surface area contributed by atoms with Crippen LogP contribution in [0.5, 0.6) is 11.5 Å². The van der Waals surface area contributed by atoms with Gasteiger partial charge in [-0.15, -0.1) is 0 Å². The van der Waals surface area contributed by atoms with Gasteiger partial charge in [0.05, 0.1) is 13.2 Å². The van der Waals surface area contributed by atoms with E-state index in [1.54, 1.807) is 0 Å². The van der Waals surface area contributed by atoms with Crippen LogP contribution in [0.4, 0.5) is 0 Å². The fraction of sp³-hybridized carbons (Fsp3) is 0.417. The van der Waals surface area contributed by atoms with Gasteiger partial charge in [0.2, 0.25) is 0 Å². The van der Waals surface area contributed by atoms with E-state index < -0.39 is 0 Å². The summed E-state index contributed by atoms with van der Waals surface area (Å²) in [5.74, 6) is -0.839. The van der Waals surface area contributed by atoms with Crippen molar-refractivity contribution in [3.05, 3.63) is 23.8 Å². The van der Waals surface area contributed by atoms with Crippen LogP contribution in [0.25, 0.3) is 0 Å². The van der Waals surface area contributed by atoms with E-state index >= 15 is 0 Å². The Kier molecular flexibility index (Phi) is 4.01. The molecule has 1 atom stereocenters. The van der Waals surface area contributed by atoms with Crippen molar-refractivity contribution in [1.29, 1.82) is 0 Å². The second-order valence-corrected chi connectivity index (χ2v) is 4.14. The first-order chi connectivity index (χ1) is 8.66. The van der Waals surface area contributed by atoms with Gasteiger partial charge in [-0.25, -0.2) is 0 Å². The number of hydrogen-bond acceptors (Lipinski definition) is 5. The van der Waals surface area contributed by atoms with Crippen LogP contribution in [0.1, 0.15) is 10.4 Å². The third kappa shape index (κ3) is 3.12. The maximum absolute atomic E-state index is 11.8. The van der Waals surface area contributed by atoms with Gasteiger partial charge < -0.3 is 25.6 Å². The molecule has 98 valence electrons. The van der Waals surface area contributed by atoms with Gasteiger partial charge in [-0.05, 0) is 18.2 Å². The largest absolute Gasteiger partial charge is 0.504 e. The molecule has 0 saturated carbocycles. The highest BCUT2D eigenvalue weighted by Crippen LogP contribution is 2.24. The number of rotatable bonds is 3. The number of morpholine rings is 1. The normalized spacial score (nSPS) is 19.4. The zero-order valence-electron chi connectivity index (χ0n) is 9.85. The first-order valence-electron chi connectivity index (χ1n) is 5.78. The van der Waals surface area contributed by atoms with Crippen molar-refractivity contribution in [3.63, 3.8) is 0 Å². The summed E-state index contributed by atoms with van der Waals surface area (Å²) in [5.41, 5.74) is 0.307. The lowest BCUT2D eigenvalue weighted by molar-refractivity contribution is 0.0734. The summed E-state index contributed by atoms with van der Waals surface area (Å²) >= 11 is 0. The van der Waals surface area contributed by atoms with Crippen LogP contribution in [-0.4, -0.2) is 48.5 Å². The first-order valence-corrected chi connectivity index (χ1v) is 5.78. The van der Waals surface area contributed by atoms with Gasteiger partial charge in [0.25, 0.3) is 5.91 Å². The van der Waals surface area contributed by atoms with Crippen LogP contribution in [0.2, 0.25) is 0 Å². The average Bonchev–Trinajstić information content (AvgIpc) is 2.40. The molecule has 18 heavy (non-hydrogen) atoms. The van der Waals surface area contributed by atoms with Crippen molar-refractivity contribution in [2.75, 3.05) is 26.3 Å². The minimum Gasteiger partial charge on any atom is -0.504 e. The second kappa shape index (κ2) is 5.70. The van der Waals surface area contributed by atoms with E-state index in [9.17, 15) is 9.90 Å². The van der Waals surface area contributed by atoms with Crippen LogP contribution < -0.4 is 10.6 Å². The van der Waals surface area contributed by atoms with Crippen molar-refractivity contribution >= 4 is 5.91 Å². The monoisotopic (exact) mass is 252 g/mol. The lowest BCUT2D eigenvalue weighted by Gasteiger charge is -2.23. The number of phenols is 2. The molecule has 1 saturated heterocycles. The Hall–Kier alpha value is -1.79.